The Balaban J connectivity index is 1.20. The molecule has 1 aromatic heterocycles. The zero-order valence-electron chi connectivity index (χ0n) is 18.8. The molecule has 35 heavy (non-hydrogen) atoms. The summed E-state index contributed by atoms with van der Waals surface area (Å²) in [4.78, 5) is 25.6. The highest BCUT2D eigenvalue weighted by molar-refractivity contribution is 6.31. The van der Waals surface area contributed by atoms with Gasteiger partial charge in [0.1, 0.15) is 23.8 Å². The molecule has 3 aromatic rings. The van der Waals surface area contributed by atoms with Crippen molar-refractivity contribution >= 4 is 45.9 Å². The molecule has 3 aliphatic rings. The quantitative estimate of drug-likeness (QED) is 0.417. The third kappa shape index (κ3) is 4.77. The Bertz CT molecular complexity index is 1300. The Morgan fingerprint density at radius 3 is 2.60 bits per heavy atom. The van der Waals surface area contributed by atoms with E-state index < -0.39 is 17.5 Å². The summed E-state index contributed by atoms with van der Waals surface area (Å²) in [6, 6.07) is 10.8. The summed E-state index contributed by atoms with van der Waals surface area (Å²) in [5.41, 5.74) is -0.533. The van der Waals surface area contributed by atoms with Crippen LogP contribution < -0.4 is 10.1 Å². The highest BCUT2D eigenvalue weighted by Gasteiger charge is 2.55. The van der Waals surface area contributed by atoms with Crippen molar-refractivity contribution in [2.45, 2.75) is 50.2 Å². The monoisotopic (exact) mass is 519 g/mol. The molecule has 2 N–H and O–H groups in total. The Hall–Kier alpha value is -2.61. The van der Waals surface area contributed by atoms with Gasteiger partial charge in [-0.25, -0.2) is 4.39 Å². The van der Waals surface area contributed by atoms with E-state index in [2.05, 4.69) is 5.32 Å². The van der Waals surface area contributed by atoms with Crippen LogP contribution in [-0.2, 0) is 4.79 Å². The first kappa shape index (κ1) is 24.1. The molecule has 0 spiro atoms. The van der Waals surface area contributed by atoms with Gasteiger partial charge in [-0.05, 0) is 73.9 Å². The second-order valence-electron chi connectivity index (χ2n) is 9.70. The summed E-state index contributed by atoms with van der Waals surface area (Å²) in [5, 5.41) is 15.3. The number of benzene rings is 2. The van der Waals surface area contributed by atoms with Crippen molar-refractivity contribution < 1.29 is 28.2 Å². The van der Waals surface area contributed by atoms with Gasteiger partial charge in [0, 0.05) is 22.9 Å². The van der Waals surface area contributed by atoms with Gasteiger partial charge in [-0.2, -0.15) is 0 Å². The molecule has 2 bridgehead atoms. The van der Waals surface area contributed by atoms with Crippen LogP contribution in [0.15, 0.2) is 46.9 Å². The van der Waals surface area contributed by atoms with Crippen LogP contribution in [0.3, 0.4) is 0 Å². The maximum atomic E-state index is 13.6. The van der Waals surface area contributed by atoms with Gasteiger partial charge in [-0.1, -0.05) is 23.2 Å². The number of carbonyl (C=O) groups is 2. The number of hydrogen-bond donors (Lipinski definition) is 2. The lowest BCUT2D eigenvalue weighted by molar-refractivity contribution is -0.130. The van der Waals surface area contributed by atoms with Gasteiger partial charge in [0.15, 0.2) is 11.5 Å². The smallest absolute Gasteiger partial charge is 0.287 e. The number of ether oxygens (including phenoxy) is 1. The predicted molar refractivity (Wildman–Crippen MR) is 129 cm³/mol. The number of Topliss-reactive ketones (excluding diaryl/α,β-unsaturated/α-hetero) is 1. The number of fused-ring (bicyclic) bond motifs is 4. The highest BCUT2D eigenvalue weighted by atomic mass is 35.5. The first-order valence-corrected chi connectivity index (χ1v) is 12.2. The number of hydrogen-bond acceptors (Lipinski definition) is 5. The molecule has 0 saturated heterocycles. The standard InChI is InChI=1S/C26H24Cl2FNO5/c27-16-1-4-21-15(9-16)10-22(35-21)24(33)30-26-7-5-25(6-8-26,13-23(26)32)12-17(31)14-34-18-2-3-19(28)20(29)11-18/h1-4,9-11,23,32H,5-8,12-14H2,(H,30,33)/t23-,25?,26?/m0/s1. The van der Waals surface area contributed by atoms with Crippen LogP contribution in [-0.4, -0.2) is 35.0 Å². The number of aliphatic hydroxyl groups excluding tert-OH is 1. The van der Waals surface area contributed by atoms with Gasteiger partial charge in [-0.3, -0.25) is 9.59 Å². The predicted octanol–water partition coefficient (Wildman–Crippen LogP) is 5.71. The fraction of sp³-hybridized carbons (Fsp3) is 0.385. The Kier molecular flexibility index (Phi) is 6.28. The molecule has 184 valence electrons. The van der Waals surface area contributed by atoms with Crippen LogP contribution >= 0.6 is 23.2 Å². The molecule has 9 heteroatoms. The SMILES string of the molecule is O=C(COc1ccc(Cl)c(F)c1)CC12CCC(NC(=O)c3cc4cc(Cl)ccc4o3)(CC1)[C@@H](O)C2. The van der Waals surface area contributed by atoms with Crippen LogP contribution in [0.5, 0.6) is 5.75 Å². The van der Waals surface area contributed by atoms with E-state index in [9.17, 15) is 19.1 Å². The van der Waals surface area contributed by atoms with Crippen molar-refractivity contribution in [3.63, 3.8) is 0 Å². The third-order valence-corrected chi connectivity index (χ3v) is 7.94. The van der Waals surface area contributed by atoms with Crippen molar-refractivity contribution in [3.05, 3.63) is 64.1 Å². The van der Waals surface area contributed by atoms with Crippen LogP contribution in [0.2, 0.25) is 10.0 Å². The number of ketones is 1. The third-order valence-electron chi connectivity index (χ3n) is 7.39. The van der Waals surface area contributed by atoms with Gasteiger partial charge in [0.2, 0.25) is 0 Å². The van der Waals surface area contributed by atoms with Crippen LogP contribution in [0.1, 0.15) is 49.1 Å². The van der Waals surface area contributed by atoms with Crippen molar-refractivity contribution in [2.75, 3.05) is 6.61 Å². The van der Waals surface area contributed by atoms with Gasteiger partial charge < -0.3 is 19.6 Å². The molecule has 0 unspecified atom stereocenters. The minimum absolute atomic E-state index is 0.0127. The number of rotatable bonds is 7. The highest BCUT2D eigenvalue weighted by Crippen LogP contribution is 2.54. The van der Waals surface area contributed by atoms with E-state index in [1.54, 1.807) is 24.3 Å². The zero-order chi connectivity index (χ0) is 24.8. The number of nitrogens with one attached hydrogen (secondary N) is 1. The molecule has 1 amide bonds. The first-order chi connectivity index (χ1) is 16.7. The lowest BCUT2D eigenvalue weighted by Gasteiger charge is -2.56. The lowest BCUT2D eigenvalue weighted by Crippen LogP contribution is -2.64. The molecule has 1 atom stereocenters. The molecular weight excluding hydrogens is 496 g/mol. The van der Waals surface area contributed by atoms with Crippen LogP contribution in [0, 0.1) is 11.2 Å². The molecule has 3 saturated carbocycles. The first-order valence-electron chi connectivity index (χ1n) is 11.5. The van der Waals surface area contributed by atoms with Crippen LogP contribution in [0.25, 0.3) is 11.0 Å². The van der Waals surface area contributed by atoms with Crippen molar-refractivity contribution in [2.24, 2.45) is 5.41 Å². The molecular formula is C26H24Cl2FNO5. The molecule has 6 nitrogen and oxygen atoms in total. The molecule has 2 aromatic carbocycles. The maximum Gasteiger partial charge on any atom is 0.287 e. The van der Waals surface area contributed by atoms with Gasteiger partial charge >= 0.3 is 0 Å². The molecule has 0 aliphatic heterocycles. The second kappa shape index (κ2) is 9.12. The number of furan rings is 1. The summed E-state index contributed by atoms with van der Waals surface area (Å²) in [5.74, 6) is -0.711. The average Bonchev–Trinajstić information content (AvgIpc) is 3.24. The van der Waals surface area contributed by atoms with E-state index in [0.29, 0.717) is 42.7 Å². The summed E-state index contributed by atoms with van der Waals surface area (Å²) >= 11 is 11.7. The lowest BCUT2D eigenvalue weighted by atomic mass is 9.54. The summed E-state index contributed by atoms with van der Waals surface area (Å²) in [6.45, 7) is -0.184. The van der Waals surface area contributed by atoms with Gasteiger partial charge in [0.05, 0.1) is 16.7 Å². The fourth-order valence-corrected chi connectivity index (χ4v) is 5.74. The zero-order valence-corrected chi connectivity index (χ0v) is 20.3. The molecule has 0 radical (unpaired) electrons. The normalized spacial score (nSPS) is 25.5. The van der Waals surface area contributed by atoms with E-state index in [-0.39, 0.29) is 46.7 Å². The minimum Gasteiger partial charge on any atom is -0.486 e. The van der Waals surface area contributed by atoms with E-state index in [1.165, 1.54) is 12.1 Å². The summed E-state index contributed by atoms with van der Waals surface area (Å²) < 4.78 is 24.7. The number of halogens is 3. The molecule has 1 heterocycles. The minimum atomic E-state index is -0.785. The maximum absolute atomic E-state index is 13.6. The summed E-state index contributed by atoms with van der Waals surface area (Å²) in [7, 11) is 0. The van der Waals surface area contributed by atoms with Crippen LogP contribution in [0.4, 0.5) is 4.39 Å². The van der Waals surface area contributed by atoms with E-state index >= 15 is 0 Å². The van der Waals surface area contributed by atoms with Gasteiger partial charge in [-0.15, -0.1) is 0 Å². The largest absolute Gasteiger partial charge is 0.486 e. The summed E-state index contributed by atoms with van der Waals surface area (Å²) in [6.07, 6.45) is 2.39. The Labute approximate surface area is 211 Å². The Morgan fingerprint density at radius 1 is 1.11 bits per heavy atom. The fourth-order valence-electron chi connectivity index (χ4n) is 5.44. The van der Waals surface area contributed by atoms with Crippen molar-refractivity contribution in [1.82, 2.24) is 5.32 Å². The molecule has 3 fully saturated rings. The number of amides is 1. The van der Waals surface area contributed by atoms with Crippen molar-refractivity contribution in [1.29, 1.82) is 0 Å². The Morgan fingerprint density at radius 2 is 1.89 bits per heavy atom. The second-order valence-corrected chi connectivity index (χ2v) is 10.5. The van der Waals surface area contributed by atoms with Gasteiger partial charge in [0.25, 0.3) is 5.91 Å². The number of carbonyl (C=O) groups excluding carboxylic acids is 2. The van der Waals surface area contributed by atoms with E-state index in [0.717, 1.165) is 11.5 Å². The molecule has 6 rings (SSSR count). The topological polar surface area (TPSA) is 88.8 Å². The van der Waals surface area contributed by atoms with E-state index in [4.69, 9.17) is 32.4 Å². The van der Waals surface area contributed by atoms with Crippen molar-refractivity contribution in [3.8, 4) is 5.75 Å². The van der Waals surface area contributed by atoms with E-state index in [1.807, 2.05) is 0 Å². The number of aliphatic hydroxyl groups is 1. The molecule has 3 aliphatic carbocycles. The average molecular weight is 520 g/mol.